The van der Waals surface area contributed by atoms with Gasteiger partial charge in [0.2, 0.25) is 0 Å². The highest BCUT2D eigenvalue weighted by Gasteiger charge is 2.09. The van der Waals surface area contributed by atoms with Gasteiger partial charge in [-0.05, 0) is 48.9 Å². The van der Waals surface area contributed by atoms with Gasteiger partial charge in [0.25, 0.3) is 5.91 Å². The number of anilines is 2. The first-order chi connectivity index (χ1) is 9.10. The molecule has 0 radical (unpaired) electrons. The van der Waals surface area contributed by atoms with Crippen molar-refractivity contribution in [3.63, 3.8) is 0 Å². The number of rotatable bonds is 3. The topological polar surface area (TPSA) is 41.1 Å². The number of hydrogen-bond acceptors (Lipinski definition) is 2. The number of carbonyl (C=O) groups is 1. The maximum Gasteiger partial charge on any atom is 0.255 e. The summed E-state index contributed by atoms with van der Waals surface area (Å²) >= 11 is 3.38. The van der Waals surface area contributed by atoms with Gasteiger partial charge in [-0.2, -0.15) is 0 Å². The van der Waals surface area contributed by atoms with Gasteiger partial charge in [-0.15, -0.1) is 0 Å². The molecule has 4 heteroatoms. The average Bonchev–Trinajstić information content (AvgIpc) is 2.38. The Labute approximate surface area is 121 Å². The van der Waals surface area contributed by atoms with E-state index in [1.807, 2.05) is 56.4 Å². The zero-order valence-electron chi connectivity index (χ0n) is 10.8. The molecule has 3 nitrogen and oxygen atoms in total. The number of amides is 1. The molecule has 0 aliphatic rings. The van der Waals surface area contributed by atoms with Crippen molar-refractivity contribution >= 4 is 33.2 Å². The van der Waals surface area contributed by atoms with Crippen LogP contribution in [-0.4, -0.2) is 13.0 Å². The van der Waals surface area contributed by atoms with Crippen LogP contribution < -0.4 is 10.6 Å². The molecular formula is C15H15BrN2O. The van der Waals surface area contributed by atoms with E-state index < -0.39 is 0 Å². The Kier molecular flexibility index (Phi) is 4.22. The van der Waals surface area contributed by atoms with Crippen LogP contribution in [0.4, 0.5) is 11.4 Å². The number of nitrogens with one attached hydrogen (secondary N) is 2. The normalized spacial score (nSPS) is 10.1. The lowest BCUT2D eigenvalue weighted by atomic mass is 10.1. The standard InChI is InChI=1S/C15H15BrN2O/c1-10-8-12(17-2)6-7-14(10)15(19)18-13-5-3-4-11(16)9-13/h3-9,17H,1-2H3,(H,18,19). The quantitative estimate of drug-likeness (QED) is 0.896. The summed E-state index contributed by atoms with van der Waals surface area (Å²) in [4.78, 5) is 12.2. The molecule has 19 heavy (non-hydrogen) atoms. The van der Waals surface area contributed by atoms with Crippen molar-refractivity contribution in [1.82, 2.24) is 0 Å². The van der Waals surface area contributed by atoms with E-state index in [0.717, 1.165) is 21.4 Å². The van der Waals surface area contributed by atoms with Gasteiger partial charge in [0.05, 0.1) is 0 Å². The fraction of sp³-hybridized carbons (Fsp3) is 0.133. The van der Waals surface area contributed by atoms with Crippen LogP contribution in [0.1, 0.15) is 15.9 Å². The van der Waals surface area contributed by atoms with E-state index in [1.165, 1.54) is 0 Å². The molecule has 0 saturated heterocycles. The number of aryl methyl sites for hydroxylation is 1. The summed E-state index contributed by atoms with van der Waals surface area (Å²) in [7, 11) is 1.86. The van der Waals surface area contributed by atoms with E-state index >= 15 is 0 Å². The number of hydrogen-bond donors (Lipinski definition) is 2. The van der Waals surface area contributed by atoms with E-state index in [9.17, 15) is 4.79 Å². The van der Waals surface area contributed by atoms with E-state index in [0.29, 0.717) is 5.56 Å². The summed E-state index contributed by atoms with van der Waals surface area (Å²) in [6.07, 6.45) is 0. The second-order valence-electron chi connectivity index (χ2n) is 4.24. The lowest BCUT2D eigenvalue weighted by Crippen LogP contribution is -2.13. The minimum absolute atomic E-state index is 0.0988. The number of benzene rings is 2. The molecule has 1 amide bonds. The van der Waals surface area contributed by atoms with Gasteiger partial charge in [-0.1, -0.05) is 22.0 Å². The van der Waals surface area contributed by atoms with Gasteiger partial charge in [-0.25, -0.2) is 0 Å². The van der Waals surface area contributed by atoms with Crippen LogP contribution in [0.15, 0.2) is 46.9 Å². The van der Waals surface area contributed by atoms with Gasteiger partial charge < -0.3 is 10.6 Å². The smallest absolute Gasteiger partial charge is 0.255 e. The Morgan fingerprint density at radius 3 is 2.53 bits per heavy atom. The Bertz CT molecular complexity index is 611. The summed E-state index contributed by atoms with van der Waals surface area (Å²) in [5.74, 6) is -0.0988. The average molecular weight is 319 g/mol. The van der Waals surface area contributed by atoms with Crippen LogP contribution in [0.2, 0.25) is 0 Å². The molecule has 0 aliphatic carbocycles. The zero-order chi connectivity index (χ0) is 13.8. The molecule has 2 N–H and O–H groups in total. The van der Waals surface area contributed by atoms with Crippen molar-refractivity contribution in [1.29, 1.82) is 0 Å². The Morgan fingerprint density at radius 1 is 1.11 bits per heavy atom. The lowest BCUT2D eigenvalue weighted by molar-refractivity contribution is 0.102. The molecule has 98 valence electrons. The Balaban J connectivity index is 2.20. The predicted octanol–water partition coefficient (Wildman–Crippen LogP) is 4.05. The monoisotopic (exact) mass is 318 g/mol. The minimum atomic E-state index is -0.0988. The SMILES string of the molecule is CNc1ccc(C(=O)Nc2cccc(Br)c2)c(C)c1. The summed E-state index contributed by atoms with van der Waals surface area (Å²) in [6.45, 7) is 1.93. The summed E-state index contributed by atoms with van der Waals surface area (Å²) < 4.78 is 0.938. The Hall–Kier alpha value is -1.81. The van der Waals surface area contributed by atoms with Crippen LogP contribution in [0, 0.1) is 6.92 Å². The largest absolute Gasteiger partial charge is 0.388 e. The zero-order valence-corrected chi connectivity index (χ0v) is 12.4. The third-order valence-corrected chi connectivity index (χ3v) is 3.34. The molecule has 0 aromatic heterocycles. The van der Waals surface area contributed by atoms with E-state index in [1.54, 1.807) is 0 Å². The molecule has 0 fully saturated rings. The summed E-state index contributed by atoms with van der Waals surface area (Å²) in [5, 5.41) is 5.94. The molecule has 2 rings (SSSR count). The van der Waals surface area contributed by atoms with E-state index in [-0.39, 0.29) is 5.91 Å². The molecule has 0 saturated carbocycles. The van der Waals surface area contributed by atoms with Crippen molar-refractivity contribution in [3.8, 4) is 0 Å². The van der Waals surface area contributed by atoms with Crippen molar-refractivity contribution in [2.75, 3.05) is 17.7 Å². The third kappa shape index (κ3) is 3.35. The van der Waals surface area contributed by atoms with Crippen LogP contribution >= 0.6 is 15.9 Å². The minimum Gasteiger partial charge on any atom is -0.388 e. The summed E-state index contributed by atoms with van der Waals surface area (Å²) in [6, 6.07) is 13.2. The van der Waals surface area contributed by atoms with Gasteiger partial charge in [0.15, 0.2) is 0 Å². The van der Waals surface area contributed by atoms with Gasteiger partial charge >= 0.3 is 0 Å². The van der Waals surface area contributed by atoms with E-state index in [4.69, 9.17) is 0 Å². The molecule has 0 spiro atoms. The highest BCUT2D eigenvalue weighted by molar-refractivity contribution is 9.10. The maximum atomic E-state index is 12.2. The summed E-state index contributed by atoms with van der Waals surface area (Å²) in [5.41, 5.74) is 3.39. The van der Waals surface area contributed by atoms with Crippen molar-refractivity contribution < 1.29 is 4.79 Å². The first-order valence-corrected chi connectivity index (χ1v) is 6.75. The van der Waals surface area contributed by atoms with E-state index in [2.05, 4.69) is 26.6 Å². The molecule has 0 bridgehead atoms. The molecule has 0 heterocycles. The molecule has 0 atom stereocenters. The highest BCUT2D eigenvalue weighted by atomic mass is 79.9. The highest BCUT2D eigenvalue weighted by Crippen LogP contribution is 2.19. The molecular weight excluding hydrogens is 304 g/mol. The van der Waals surface area contributed by atoms with Crippen LogP contribution in [0.3, 0.4) is 0 Å². The molecule has 0 aliphatic heterocycles. The van der Waals surface area contributed by atoms with Crippen molar-refractivity contribution in [3.05, 3.63) is 58.1 Å². The molecule has 0 unspecified atom stereocenters. The third-order valence-electron chi connectivity index (χ3n) is 2.84. The van der Waals surface area contributed by atoms with Crippen molar-refractivity contribution in [2.45, 2.75) is 6.92 Å². The molecule has 2 aromatic carbocycles. The predicted molar refractivity (Wildman–Crippen MR) is 82.8 cm³/mol. The first-order valence-electron chi connectivity index (χ1n) is 5.95. The fourth-order valence-corrected chi connectivity index (χ4v) is 2.24. The lowest BCUT2D eigenvalue weighted by Gasteiger charge is -2.09. The maximum absolute atomic E-state index is 12.2. The van der Waals surface area contributed by atoms with Gasteiger partial charge in [0.1, 0.15) is 0 Å². The second kappa shape index (κ2) is 5.89. The number of halogens is 1. The van der Waals surface area contributed by atoms with Crippen molar-refractivity contribution in [2.24, 2.45) is 0 Å². The van der Waals surface area contributed by atoms with Crippen LogP contribution in [0.25, 0.3) is 0 Å². The second-order valence-corrected chi connectivity index (χ2v) is 5.16. The van der Waals surface area contributed by atoms with Gasteiger partial charge in [0, 0.05) is 28.5 Å². The molecule has 2 aromatic rings. The van der Waals surface area contributed by atoms with Crippen LogP contribution in [0.5, 0.6) is 0 Å². The fourth-order valence-electron chi connectivity index (χ4n) is 1.84. The Morgan fingerprint density at radius 2 is 1.89 bits per heavy atom. The van der Waals surface area contributed by atoms with Gasteiger partial charge in [-0.3, -0.25) is 4.79 Å². The first kappa shape index (κ1) is 13.6. The number of carbonyl (C=O) groups excluding carboxylic acids is 1. The van der Waals surface area contributed by atoms with Crippen LogP contribution in [-0.2, 0) is 0 Å².